The molecule has 0 amide bonds. The highest BCUT2D eigenvalue weighted by Crippen LogP contribution is 2.18. The molecular formula is C14H17BrN4. The Balaban J connectivity index is 2.04. The molecule has 0 bridgehead atoms. The maximum absolute atomic E-state index is 4.21. The van der Waals surface area contributed by atoms with Gasteiger partial charge in [0.25, 0.3) is 0 Å². The Kier molecular flexibility index (Phi) is 4.74. The molecule has 0 fully saturated rings. The highest BCUT2D eigenvalue weighted by atomic mass is 79.9. The third-order valence-electron chi connectivity index (χ3n) is 2.48. The largest absolute Gasteiger partial charge is 0.370 e. The van der Waals surface area contributed by atoms with Gasteiger partial charge in [-0.3, -0.25) is 0 Å². The topological polar surface area (TPSA) is 49.8 Å². The molecule has 0 radical (unpaired) electrons. The maximum atomic E-state index is 4.21. The molecule has 1 heterocycles. The standard InChI is InChI=1S/C14H17BrN4/c1-10(2)8-16-13-7-14(18-9-17-13)19-12-5-3-11(15)4-6-12/h3-7,9-10H,8H2,1-2H3,(H2,16,17,18,19). The summed E-state index contributed by atoms with van der Waals surface area (Å²) in [7, 11) is 0. The van der Waals surface area contributed by atoms with Gasteiger partial charge in [-0.1, -0.05) is 29.8 Å². The Morgan fingerprint density at radius 2 is 1.79 bits per heavy atom. The molecule has 100 valence electrons. The molecule has 4 nitrogen and oxygen atoms in total. The molecule has 0 aliphatic carbocycles. The van der Waals surface area contributed by atoms with Crippen LogP contribution in [0.1, 0.15) is 13.8 Å². The highest BCUT2D eigenvalue weighted by molar-refractivity contribution is 9.10. The Bertz CT molecular complexity index is 525. The van der Waals surface area contributed by atoms with Crippen LogP contribution < -0.4 is 10.6 Å². The van der Waals surface area contributed by atoms with Crippen LogP contribution in [-0.4, -0.2) is 16.5 Å². The zero-order valence-corrected chi connectivity index (χ0v) is 12.6. The van der Waals surface area contributed by atoms with E-state index >= 15 is 0 Å². The minimum absolute atomic E-state index is 0.581. The third kappa shape index (κ3) is 4.52. The minimum Gasteiger partial charge on any atom is -0.370 e. The second-order valence-corrected chi connectivity index (χ2v) is 5.61. The van der Waals surface area contributed by atoms with Crippen molar-refractivity contribution in [1.29, 1.82) is 0 Å². The van der Waals surface area contributed by atoms with Crippen LogP contribution in [0.3, 0.4) is 0 Å². The molecule has 5 heteroatoms. The van der Waals surface area contributed by atoms with Crippen LogP contribution >= 0.6 is 15.9 Å². The summed E-state index contributed by atoms with van der Waals surface area (Å²) in [6.07, 6.45) is 1.56. The first-order valence-electron chi connectivity index (χ1n) is 6.22. The normalized spacial score (nSPS) is 10.5. The van der Waals surface area contributed by atoms with Crippen LogP contribution in [0.15, 0.2) is 41.1 Å². The fourth-order valence-electron chi connectivity index (χ4n) is 1.51. The molecule has 1 aromatic carbocycles. The SMILES string of the molecule is CC(C)CNc1cc(Nc2ccc(Br)cc2)ncn1. The molecule has 0 atom stereocenters. The van der Waals surface area contributed by atoms with Gasteiger partial charge >= 0.3 is 0 Å². The van der Waals surface area contributed by atoms with Gasteiger partial charge in [-0.05, 0) is 30.2 Å². The summed E-state index contributed by atoms with van der Waals surface area (Å²) in [5, 5.41) is 6.53. The first-order valence-corrected chi connectivity index (χ1v) is 7.01. The van der Waals surface area contributed by atoms with E-state index in [0.29, 0.717) is 5.92 Å². The Morgan fingerprint density at radius 3 is 2.47 bits per heavy atom. The third-order valence-corrected chi connectivity index (χ3v) is 3.00. The van der Waals surface area contributed by atoms with Crippen molar-refractivity contribution in [3.05, 3.63) is 41.1 Å². The van der Waals surface area contributed by atoms with Crippen molar-refractivity contribution in [2.45, 2.75) is 13.8 Å². The van der Waals surface area contributed by atoms with E-state index in [-0.39, 0.29) is 0 Å². The fraction of sp³-hybridized carbons (Fsp3) is 0.286. The van der Waals surface area contributed by atoms with Crippen molar-refractivity contribution in [3.8, 4) is 0 Å². The smallest absolute Gasteiger partial charge is 0.135 e. The minimum atomic E-state index is 0.581. The number of hydrogen-bond donors (Lipinski definition) is 2. The molecule has 0 spiro atoms. The molecule has 1 aromatic heterocycles. The molecular weight excluding hydrogens is 304 g/mol. The predicted molar refractivity (Wildman–Crippen MR) is 82.8 cm³/mol. The summed E-state index contributed by atoms with van der Waals surface area (Å²) in [4.78, 5) is 8.41. The molecule has 19 heavy (non-hydrogen) atoms. The van der Waals surface area contributed by atoms with Crippen LogP contribution in [0.5, 0.6) is 0 Å². The van der Waals surface area contributed by atoms with Crippen molar-refractivity contribution in [1.82, 2.24) is 9.97 Å². The van der Waals surface area contributed by atoms with Gasteiger partial charge in [-0.25, -0.2) is 9.97 Å². The van der Waals surface area contributed by atoms with Crippen molar-refractivity contribution in [2.24, 2.45) is 5.92 Å². The summed E-state index contributed by atoms with van der Waals surface area (Å²) in [5.74, 6) is 2.20. The molecule has 0 aliphatic heterocycles. The van der Waals surface area contributed by atoms with Crippen molar-refractivity contribution >= 4 is 33.3 Å². The Hall–Kier alpha value is -1.62. The number of nitrogens with zero attached hydrogens (tertiary/aromatic N) is 2. The second kappa shape index (κ2) is 6.52. The van der Waals surface area contributed by atoms with Gasteiger partial charge in [0, 0.05) is 22.8 Å². The van der Waals surface area contributed by atoms with Gasteiger partial charge in [0.1, 0.15) is 18.0 Å². The molecule has 0 saturated heterocycles. The van der Waals surface area contributed by atoms with E-state index < -0.39 is 0 Å². The number of aromatic nitrogens is 2. The van der Waals surface area contributed by atoms with Crippen LogP contribution in [0, 0.1) is 5.92 Å². The van der Waals surface area contributed by atoms with E-state index in [1.165, 1.54) is 0 Å². The number of nitrogens with one attached hydrogen (secondary N) is 2. The lowest BCUT2D eigenvalue weighted by Gasteiger charge is -2.10. The van der Waals surface area contributed by atoms with E-state index in [1.54, 1.807) is 6.33 Å². The second-order valence-electron chi connectivity index (χ2n) is 4.70. The van der Waals surface area contributed by atoms with Gasteiger partial charge in [-0.2, -0.15) is 0 Å². The number of rotatable bonds is 5. The lowest BCUT2D eigenvalue weighted by Crippen LogP contribution is -2.09. The van der Waals surface area contributed by atoms with Gasteiger partial charge in [0.2, 0.25) is 0 Å². The summed E-state index contributed by atoms with van der Waals surface area (Å²) in [6.45, 7) is 5.22. The highest BCUT2D eigenvalue weighted by Gasteiger charge is 2.00. The summed E-state index contributed by atoms with van der Waals surface area (Å²) in [6, 6.07) is 9.87. The zero-order chi connectivity index (χ0) is 13.7. The number of hydrogen-bond acceptors (Lipinski definition) is 4. The fourth-order valence-corrected chi connectivity index (χ4v) is 1.78. The molecule has 0 saturated carbocycles. The quantitative estimate of drug-likeness (QED) is 0.872. The van der Waals surface area contributed by atoms with Gasteiger partial charge in [-0.15, -0.1) is 0 Å². The lowest BCUT2D eigenvalue weighted by molar-refractivity contribution is 0.687. The van der Waals surface area contributed by atoms with Crippen molar-refractivity contribution in [3.63, 3.8) is 0 Å². The van der Waals surface area contributed by atoms with E-state index in [1.807, 2.05) is 30.3 Å². The van der Waals surface area contributed by atoms with E-state index in [0.717, 1.165) is 28.3 Å². The lowest BCUT2D eigenvalue weighted by atomic mass is 10.2. The Morgan fingerprint density at radius 1 is 1.11 bits per heavy atom. The van der Waals surface area contributed by atoms with Crippen LogP contribution in [0.2, 0.25) is 0 Å². The average Bonchev–Trinajstić information content (AvgIpc) is 2.40. The van der Waals surface area contributed by atoms with Crippen molar-refractivity contribution in [2.75, 3.05) is 17.2 Å². The average molecular weight is 321 g/mol. The first kappa shape index (κ1) is 13.8. The monoisotopic (exact) mass is 320 g/mol. The van der Waals surface area contributed by atoms with Crippen LogP contribution in [0.25, 0.3) is 0 Å². The molecule has 0 unspecified atom stereocenters. The van der Waals surface area contributed by atoms with Gasteiger partial charge < -0.3 is 10.6 Å². The predicted octanol–water partition coefficient (Wildman–Crippen LogP) is 4.05. The van der Waals surface area contributed by atoms with E-state index in [2.05, 4.69) is 50.4 Å². The maximum Gasteiger partial charge on any atom is 0.135 e. The number of anilines is 3. The first-order chi connectivity index (χ1) is 9.13. The van der Waals surface area contributed by atoms with Crippen LogP contribution in [0.4, 0.5) is 17.3 Å². The molecule has 2 rings (SSSR count). The molecule has 2 N–H and O–H groups in total. The molecule has 2 aromatic rings. The molecule has 0 aliphatic rings. The van der Waals surface area contributed by atoms with Crippen molar-refractivity contribution < 1.29 is 0 Å². The summed E-state index contributed by atoms with van der Waals surface area (Å²) >= 11 is 3.41. The zero-order valence-electron chi connectivity index (χ0n) is 11.0. The Labute approximate surface area is 121 Å². The summed E-state index contributed by atoms with van der Waals surface area (Å²) in [5.41, 5.74) is 0.997. The number of halogens is 1. The number of benzene rings is 1. The van der Waals surface area contributed by atoms with E-state index in [9.17, 15) is 0 Å². The summed E-state index contributed by atoms with van der Waals surface area (Å²) < 4.78 is 1.06. The van der Waals surface area contributed by atoms with E-state index in [4.69, 9.17) is 0 Å². The van der Waals surface area contributed by atoms with Gasteiger partial charge in [0.15, 0.2) is 0 Å². The van der Waals surface area contributed by atoms with Crippen LogP contribution in [-0.2, 0) is 0 Å². The van der Waals surface area contributed by atoms with Gasteiger partial charge in [0.05, 0.1) is 0 Å².